The Labute approximate surface area is 218 Å². The van der Waals surface area contributed by atoms with E-state index >= 15 is 0 Å². The van der Waals surface area contributed by atoms with E-state index < -0.39 is 41.0 Å². The van der Waals surface area contributed by atoms with Crippen LogP contribution in [0.15, 0.2) is 65.6 Å². The van der Waals surface area contributed by atoms with Crippen LogP contribution in [0.4, 0.5) is 11.4 Å². The van der Waals surface area contributed by atoms with Gasteiger partial charge in [0.2, 0.25) is 0 Å². The van der Waals surface area contributed by atoms with Crippen LogP contribution in [0.2, 0.25) is 5.02 Å². The van der Waals surface area contributed by atoms with Crippen LogP contribution < -0.4 is 14.9 Å². The molecule has 2 aromatic carbocycles. The molecule has 190 valence electrons. The number of ether oxygens (including phenoxy) is 1. The summed E-state index contributed by atoms with van der Waals surface area (Å²) in [6, 6.07) is 16.0. The number of halogens is 1. The number of thiophene rings is 1. The molecule has 1 heterocycles. The third-order valence-corrected chi connectivity index (χ3v) is 8.08. The summed E-state index contributed by atoms with van der Waals surface area (Å²) in [5.74, 6) is -1.96. The van der Waals surface area contributed by atoms with Crippen molar-refractivity contribution in [3.8, 4) is 0 Å². The smallest absolute Gasteiger partial charge is 0.325 e. The number of para-hydroxylation sites is 1. The highest BCUT2D eigenvalue weighted by Gasteiger charge is 2.25. The second-order valence-electron chi connectivity index (χ2n) is 7.45. The fraction of sp³-hybridized carbons (Fsp3) is 0.208. The summed E-state index contributed by atoms with van der Waals surface area (Å²) in [5, 5.41) is 4.98. The van der Waals surface area contributed by atoms with E-state index in [0.717, 1.165) is 4.88 Å². The average molecular weight is 550 g/mol. The molecule has 3 aromatic rings. The van der Waals surface area contributed by atoms with E-state index in [9.17, 15) is 22.8 Å². The van der Waals surface area contributed by atoms with E-state index in [4.69, 9.17) is 16.3 Å². The van der Waals surface area contributed by atoms with Crippen LogP contribution >= 0.6 is 22.9 Å². The first-order valence-electron chi connectivity index (χ1n) is 10.8. The second kappa shape index (κ2) is 12.0. The largest absolute Gasteiger partial charge is 0.454 e. The van der Waals surface area contributed by atoms with Crippen LogP contribution in [0.1, 0.15) is 21.5 Å². The lowest BCUT2D eigenvalue weighted by atomic mass is 10.3. The predicted octanol–water partition coefficient (Wildman–Crippen LogP) is 3.84. The number of nitrogens with zero attached hydrogens (tertiary/aromatic N) is 1. The Morgan fingerprint density at radius 2 is 1.78 bits per heavy atom. The normalized spacial score (nSPS) is 11.0. The van der Waals surface area contributed by atoms with Gasteiger partial charge in [0.15, 0.2) is 6.61 Å². The molecule has 9 nitrogen and oxygen atoms in total. The van der Waals surface area contributed by atoms with Gasteiger partial charge in [0.1, 0.15) is 6.54 Å². The Balaban J connectivity index is 1.60. The van der Waals surface area contributed by atoms with Crippen LogP contribution in [-0.2, 0) is 24.3 Å². The molecule has 3 rings (SSSR count). The highest BCUT2D eigenvalue weighted by Crippen LogP contribution is 2.29. The monoisotopic (exact) mass is 549 g/mol. The molecule has 0 saturated carbocycles. The molecule has 0 bridgehead atoms. The summed E-state index contributed by atoms with van der Waals surface area (Å²) in [7, 11) is -3.94. The minimum Gasteiger partial charge on any atom is -0.454 e. The maximum atomic E-state index is 13.2. The number of amides is 2. The Morgan fingerprint density at radius 1 is 1.06 bits per heavy atom. The fourth-order valence-electron chi connectivity index (χ4n) is 3.15. The van der Waals surface area contributed by atoms with E-state index in [1.807, 2.05) is 6.92 Å². The quantitative estimate of drug-likeness (QED) is 0.371. The zero-order valence-corrected chi connectivity index (χ0v) is 21.9. The van der Waals surface area contributed by atoms with E-state index in [1.54, 1.807) is 49.4 Å². The van der Waals surface area contributed by atoms with E-state index in [2.05, 4.69) is 10.6 Å². The zero-order valence-electron chi connectivity index (χ0n) is 19.5. The average Bonchev–Trinajstić information content (AvgIpc) is 3.29. The highest BCUT2D eigenvalue weighted by atomic mass is 35.5. The lowest BCUT2D eigenvalue weighted by Gasteiger charge is -2.23. The number of aryl methyl sites for hydroxylation is 1. The first-order valence-corrected chi connectivity index (χ1v) is 13.4. The zero-order chi connectivity index (χ0) is 26.3. The van der Waals surface area contributed by atoms with Crippen molar-refractivity contribution in [1.29, 1.82) is 0 Å². The van der Waals surface area contributed by atoms with Gasteiger partial charge in [-0.15, -0.1) is 11.3 Å². The van der Waals surface area contributed by atoms with E-state index in [0.29, 0.717) is 10.6 Å². The molecule has 12 heteroatoms. The standard InChI is InChI=1S/C24H24ClN3O6S2/c1-3-28(17-7-5-4-6-8-17)36(32,33)18-10-11-19(25)20(13-18)27-22(29)15-34-23(30)14-26-24(31)21-12-9-16(2)35-21/h4-13H,3,14-15H2,1-2H3,(H,26,31)(H,27,29). The molecule has 0 saturated heterocycles. The number of nitrogens with one attached hydrogen (secondary N) is 2. The second-order valence-corrected chi connectivity index (χ2v) is 11.0. The molecule has 0 aliphatic rings. The third kappa shape index (κ3) is 6.84. The maximum Gasteiger partial charge on any atom is 0.325 e. The number of benzene rings is 2. The van der Waals surface area contributed by atoms with Crippen LogP contribution in [-0.4, -0.2) is 45.9 Å². The van der Waals surface area contributed by atoms with Crippen LogP contribution in [0, 0.1) is 6.92 Å². The van der Waals surface area contributed by atoms with Crippen molar-refractivity contribution in [2.24, 2.45) is 0 Å². The molecule has 1 aromatic heterocycles. The molecule has 0 atom stereocenters. The number of esters is 1. The molecule has 0 aliphatic heterocycles. The molecule has 36 heavy (non-hydrogen) atoms. The molecule has 0 aliphatic carbocycles. The van der Waals surface area contributed by atoms with Gasteiger partial charge in [-0.25, -0.2) is 8.42 Å². The Hall–Kier alpha value is -3.41. The molecule has 2 N–H and O–H groups in total. The molecular weight excluding hydrogens is 526 g/mol. The van der Waals surface area contributed by atoms with Crippen molar-refractivity contribution >= 4 is 62.1 Å². The maximum absolute atomic E-state index is 13.2. The summed E-state index contributed by atoms with van der Waals surface area (Å²) < 4.78 is 32.6. The van der Waals surface area contributed by atoms with Gasteiger partial charge < -0.3 is 15.4 Å². The van der Waals surface area contributed by atoms with E-state index in [1.165, 1.54) is 33.8 Å². The van der Waals surface area contributed by atoms with Gasteiger partial charge in [-0.3, -0.25) is 18.7 Å². The first-order chi connectivity index (χ1) is 17.1. The van der Waals surface area contributed by atoms with Crippen molar-refractivity contribution < 1.29 is 27.5 Å². The summed E-state index contributed by atoms with van der Waals surface area (Å²) >= 11 is 7.44. The Bertz CT molecular complexity index is 1360. The minimum atomic E-state index is -3.94. The van der Waals surface area contributed by atoms with Gasteiger partial charge in [0.05, 0.1) is 26.2 Å². The number of hydrogen-bond donors (Lipinski definition) is 2. The fourth-order valence-corrected chi connectivity index (χ4v) is 5.60. The molecule has 0 fully saturated rings. The summed E-state index contributed by atoms with van der Waals surface area (Å²) in [4.78, 5) is 37.6. The van der Waals surface area contributed by atoms with Gasteiger partial charge in [-0.1, -0.05) is 29.8 Å². The van der Waals surface area contributed by atoms with Gasteiger partial charge >= 0.3 is 5.97 Å². The van der Waals surface area contributed by atoms with Crippen molar-refractivity contribution in [3.63, 3.8) is 0 Å². The minimum absolute atomic E-state index is 0.0456. The van der Waals surface area contributed by atoms with Crippen LogP contribution in [0.3, 0.4) is 0 Å². The molecule has 0 spiro atoms. The van der Waals surface area contributed by atoms with Crippen LogP contribution in [0.5, 0.6) is 0 Å². The molecular formula is C24H24ClN3O6S2. The van der Waals surface area contributed by atoms with Gasteiger partial charge in [-0.05, 0) is 56.3 Å². The highest BCUT2D eigenvalue weighted by molar-refractivity contribution is 7.92. The van der Waals surface area contributed by atoms with Gasteiger partial charge in [0, 0.05) is 11.4 Å². The van der Waals surface area contributed by atoms with Crippen molar-refractivity contribution in [2.45, 2.75) is 18.7 Å². The number of carbonyl (C=O) groups is 3. The summed E-state index contributed by atoms with van der Waals surface area (Å²) in [6.45, 7) is 2.69. The van der Waals surface area contributed by atoms with Gasteiger partial charge in [0.25, 0.3) is 21.8 Å². The SMILES string of the molecule is CCN(c1ccccc1)S(=O)(=O)c1ccc(Cl)c(NC(=O)COC(=O)CNC(=O)c2ccc(C)s2)c1. The predicted molar refractivity (Wildman–Crippen MR) is 139 cm³/mol. The van der Waals surface area contributed by atoms with Crippen molar-refractivity contribution in [1.82, 2.24) is 5.32 Å². The number of carbonyl (C=O) groups excluding carboxylic acids is 3. The number of sulfonamides is 1. The Kier molecular flexibility index (Phi) is 9.08. The third-order valence-electron chi connectivity index (χ3n) is 4.85. The number of anilines is 2. The molecule has 0 unspecified atom stereocenters. The number of hydrogen-bond acceptors (Lipinski definition) is 7. The number of rotatable bonds is 10. The van der Waals surface area contributed by atoms with Gasteiger partial charge in [-0.2, -0.15) is 0 Å². The topological polar surface area (TPSA) is 122 Å². The Morgan fingerprint density at radius 3 is 2.42 bits per heavy atom. The molecule has 2 amide bonds. The van der Waals surface area contributed by atoms with Crippen molar-refractivity contribution in [2.75, 3.05) is 29.3 Å². The molecule has 0 radical (unpaired) electrons. The van der Waals surface area contributed by atoms with Crippen LogP contribution in [0.25, 0.3) is 0 Å². The lowest BCUT2D eigenvalue weighted by Crippen LogP contribution is -2.32. The summed E-state index contributed by atoms with van der Waals surface area (Å²) in [5.41, 5.74) is 0.540. The lowest BCUT2D eigenvalue weighted by molar-refractivity contribution is -0.146. The first kappa shape index (κ1) is 27.2. The van der Waals surface area contributed by atoms with E-state index in [-0.39, 0.29) is 22.2 Å². The summed E-state index contributed by atoms with van der Waals surface area (Å²) in [6.07, 6.45) is 0. The van der Waals surface area contributed by atoms with Crippen molar-refractivity contribution in [3.05, 3.63) is 75.4 Å².